The molecule has 1 heterocycles. The fourth-order valence-electron chi connectivity index (χ4n) is 2.39. The van der Waals surface area contributed by atoms with Crippen LogP contribution in [0.3, 0.4) is 0 Å². The van der Waals surface area contributed by atoms with Gasteiger partial charge in [-0.25, -0.2) is 0 Å². The van der Waals surface area contributed by atoms with Crippen molar-refractivity contribution in [2.75, 3.05) is 20.3 Å². The molecule has 1 rings (SSSR count). The zero-order chi connectivity index (χ0) is 11.5. The Kier molecular flexibility index (Phi) is 4.56. The van der Waals surface area contributed by atoms with Crippen molar-refractivity contribution in [3.8, 4) is 0 Å². The summed E-state index contributed by atoms with van der Waals surface area (Å²) in [6.07, 6.45) is 2.25. The van der Waals surface area contributed by atoms with Crippen molar-refractivity contribution in [3.63, 3.8) is 0 Å². The van der Waals surface area contributed by atoms with Crippen LogP contribution < -0.4 is 5.32 Å². The van der Waals surface area contributed by atoms with Gasteiger partial charge in [0.2, 0.25) is 0 Å². The predicted octanol–water partition coefficient (Wildman–Crippen LogP) is 1.41. The molecule has 0 radical (unpaired) electrons. The van der Waals surface area contributed by atoms with Crippen molar-refractivity contribution in [2.24, 2.45) is 11.8 Å². The van der Waals surface area contributed by atoms with E-state index < -0.39 is 5.60 Å². The first-order valence-corrected chi connectivity index (χ1v) is 5.95. The van der Waals surface area contributed by atoms with Gasteiger partial charge in [-0.1, -0.05) is 20.8 Å². The molecule has 2 N–H and O–H groups in total. The first-order valence-electron chi connectivity index (χ1n) is 5.95. The average molecular weight is 215 g/mol. The maximum atomic E-state index is 10.6. The molecule has 0 spiro atoms. The maximum absolute atomic E-state index is 10.6. The highest BCUT2D eigenvalue weighted by atomic mass is 16.5. The lowest BCUT2D eigenvalue weighted by atomic mass is 9.77. The Bertz CT molecular complexity index is 196. The van der Waals surface area contributed by atoms with Gasteiger partial charge in [0.05, 0.1) is 6.61 Å². The van der Waals surface area contributed by atoms with Crippen molar-refractivity contribution in [1.29, 1.82) is 0 Å². The lowest BCUT2D eigenvalue weighted by Crippen LogP contribution is -2.59. The minimum Gasteiger partial charge on any atom is -0.386 e. The minimum absolute atomic E-state index is 0.168. The van der Waals surface area contributed by atoms with Crippen LogP contribution in [0.25, 0.3) is 0 Å². The number of nitrogens with one attached hydrogen (secondary N) is 1. The highest BCUT2D eigenvalue weighted by molar-refractivity contribution is 4.96. The lowest BCUT2D eigenvalue weighted by Gasteiger charge is -2.43. The molecule has 3 atom stereocenters. The summed E-state index contributed by atoms with van der Waals surface area (Å²) in [5, 5.41) is 14.1. The van der Waals surface area contributed by atoms with E-state index in [1.165, 1.54) is 6.42 Å². The average Bonchev–Trinajstić information content (AvgIpc) is 2.17. The van der Waals surface area contributed by atoms with Gasteiger partial charge in [-0.15, -0.1) is 0 Å². The first-order chi connectivity index (χ1) is 7.00. The van der Waals surface area contributed by atoms with E-state index in [9.17, 15) is 5.11 Å². The summed E-state index contributed by atoms with van der Waals surface area (Å²) in [7, 11) is 1.65. The number of hydrogen-bond donors (Lipinski definition) is 2. The number of hydrogen-bond acceptors (Lipinski definition) is 3. The van der Waals surface area contributed by atoms with Crippen LogP contribution in [0.1, 0.15) is 33.6 Å². The van der Waals surface area contributed by atoms with E-state index in [-0.39, 0.29) is 12.0 Å². The van der Waals surface area contributed by atoms with E-state index in [4.69, 9.17) is 4.74 Å². The van der Waals surface area contributed by atoms with Crippen molar-refractivity contribution < 1.29 is 9.84 Å². The number of aliphatic hydroxyl groups is 1. The van der Waals surface area contributed by atoms with Crippen molar-refractivity contribution in [3.05, 3.63) is 0 Å². The van der Waals surface area contributed by atoms with Crippen molar-refractivity contribution in [2.45, 2.75) is 45.3 Å². The number of ether oxygens (including phenoxy) is 1. The van der Waals surface area contributed by atoms with E-state index in [0.29, 0.717) is 12.5 Å². The SMILES string of the molecule is COCC(O)(C(C)C)C1CC(C)CCN1. The molecule has 0 aromatic rings. The molecule has 0 bridgehead atoms. The molecule has 1 saturated heterocycles. The monoisotopic (exact) mass is 215 g/mol. The lowest BCUT2D eigenvalue weighted by molar-refractivity contribution is -0.0979. The molecule has 3 nitrogen and oxygen atoms in total. The van der Waals surface area contributed by atoms with Gasteiger partial charge in [-0.2, -0.15) is 0 Å². The van der Waals surface area contributed by atoms with Gasteiger partial charge >= 0.3 is 0 Å². The summed E-state index contributed by atoms with van der Waals surface area (Å²) in [6.45, 7) is 7.78. The van der Waals surface area contributed by atoms with Crippen LogP contribution in [0.4, 0.5) is 0 Å². The van der Waals surface area contributed by atoms with Gasteiger partial charge in [0.15, 0.2) is 0 Å². The Morgan fingerprint density at radius 1 is 1.53 bits per heavy atom. The summed E-state index contributed by atoms with van der Waals surface area (Å²) < 4.78 is 5.17. The van der Waals surface area contributed by atoms with Crippen LogP contribution in [0.5, 0.6) is 0 Å². The zero-order valence-electron chi connectivity index (χ0n) is 10.4. The largest absolute Gasteiger partial charge is 0.386 e. The van der Waals surface area contributed by atoms with Crippen LogP contribution in [0, 0.1) is 11.8 Å². The number of piperidine rings is 1. The molecule has 0 aliphatic carbocycles. The third-order valence-electron chi connectivity index (χ3n) is 3.64. The molecule has 0 aromatic heterocycles. The summed E-state index contributed by atoms with van der Waals surface area (Å²) in [6, 6.07) is 0.168. The molecule has 0 saturated carbocycles. The molecule has 1 fully saturated rings. The molecule has 0 aromatic carbocycles. The summed E-state index contributed by atoms with van der Waals surface area (Å²) >= 11 is 0. The van der Waals surface area contributed by atoms with Crippen LogP contribution >= 0.6 is 0 Å². The Balaban J connectivity index is 2.69. The van der Waals surface area contributed by atoms with Gasteiger partial charge in [-0.05, 0) is 31.2 Å². The molecule has 3 heteroatoms. The Hall–Kier alpha value is -0.120. The minimum atomic E-state index is -0.733. The van der Waals surface area contributed by atoms with E-state index in [2.05, 4.69) is 26.1 Å². The first kappa shape index (κ1) is 12.9. The number of rotatable bonds is 4. The van der Waals surface area contributed by atoms with Gasteiger partial charge in [-0.3, -0.25) is 0 Å². The van der Waals surface area contributed by atoms with Crippen molar-refractivity contribution in [1.82, 2.24) is 5.32 Å². The highest BCUT2D eigenvalue weighted by Gasteiger charge is 2.41. The summed E-state index contributed by atoms with van der Waals surface area (Å²) in [4.78, 5) is 0. The molecule has 1 aliphatic rings. The second kappa shape index (κ2) is 5.28. The van der Waals surface area contributed by atoms with Gasteiger partial charge in [0.25, 0.3) is 0 Å². The van der Waals surface area contributed by atoms with Crippen LogP contribution in [-0.2, 0) is 4.74 Å². The predicted molar refractivity (Wildman–Crippen MR) is 61.9 cm³/mol. The van der Waals surface area contributed by atoms with Crippen molar-refractivity contribution >= 4 is 0 Å². The van der Waals surface area contributed by atoms with Gasteiger partial charge < -0.3 is 15.2 Å². The Morgan fingerprint density at radius 3 is 2.67 bits per heavy atom. The van der Waals surface area contributed by atoms with Crippen LogP contribution in [0.2, 0.25) is 0 Å². The normalized spacial score (nSPS) is 31.6. The summed E-state index contributed by atoms with van der Waals surface area (Å²) in [5.74, 6) is 0.902. The Labute approximate surface area is 93.2 Å². The number of methoxy groups -OCH3 is 1. The fourth-order valence-corrected chi connectivity index (χ4v) is 2.39. The highest BCUT2D eigenvalue weighted by Crippen LogP contribution is 2.29. The topological polar surface area (TPSA) is 41.5 Å². The second-order valence-electron chi connectivity index (χ2n) is 5.22. The molecule has 3 unspecified atom stereocenters. The molecule has 15 heavy (non-hydrogen) atoms. The second-order valence-corrected chi connectivity index (χ2v) is 5.22. The molecule has 1 aliphatic heterocycles. The van der Waals surface area contributed by atoms with Crippen LogP contribution in [0.15, 0.2) is 0 Å². The fraction of sp³-hybridized carbons (Fsp3) is 1.00. The van der Waals surface area contributed by atoms with Gasteiger partial charge in [0, 0.05) is 13.2 Å². The quantitative estimate of drug-likeness (QED) is 0.745. The zero-order valence-corrected chi connectivity index (χ0v) is 10.4. The smallest absolute Gasteiger partial charge is 0.105 e. The van der Waals surface area contributed by atoms with E-state index in [1.54, 1.807) is 7.11 Å². The molecular formula is C12H25NO2. The van der Waals surface area contributed by atoms with E-state index >= 15 is 0 Å². The molecule has 90 valence electrons. The standard InChI is InChI=1S/C12H25NO2/c1-9(2)12(14,8-15-4)11-7-10(3)5-6-13-11/h9-11,13-14H,5-8H2,1-4H3. The molecular weight excluding hydrogens is 190 g/mol. The van der Waals surface area contributed by atoms with E-state index in [0.717, 1.165) is 13.0 Å². The third kappa shape index (κ3) is 2.92. The third-order valence-corrected chi connectivity index (χ3v) is 3.64. The van der Waals surface area contributed by atoms with Crippen LogP contribution in [-0.4, -0.2) is 37.0 Å². The maximum Gasteiger partial charge on any atom is 0.105 e. The van der Waals surface area contributed by atoms with E-state index in [1.807, 2.05) is 0 Å². The molecule has 0 amide bonds. The van der Waals surface area contributed by atoms with Gasteiger partial charge in [0.1, 0.15) is 5.60 Å². The Morgan fingerprint density at radius 2 is 2.20 bits per heavy atom. The summed E-state index contributed by atoms with van der Waals surface area (Å²) in [5.41, 5.74) is -0.733.